The minimum absolute atomic E-state index is 0.118. The number of hydrogen-bond donors (Lipinski definition) is 1. The molecule has 25 heavy (non-hydrogen) atoms. The minimum atomic E-state index is -0.826. The highest BCUT2D eigenvalue weighted by molar-refractivity contribution is 8.00. The van der Waals surface area contributed by atoms with Gasteiger partial charge in [0.2, 0.25) is 0 Å². The van der Waals surface area contributed by atoms with Gasteiger partial charge in [0.05, 0.1) is 13.2 Å². The SMILES string of the molecule is CCOC(=O)c1c(O)c2sc(SC)nc2n(Cc2ccccc2)c1=O. The Balaban J connectivity index is 2.27. The van der Waals surface area contributed by atoms with Gasteiger partial charge in [0.25, 0.3) is 5.56 Å². The maximum atomic E-state index is 12.9. The summed E-state index contributed by atoms with van der Waals surface area (Å²) in [5.74, 6) is -1.19. The summed E-state index contributed by atoms with van der Waals surface area (Å²) in [5, 5.41) is 10.5. The second-order valence-corrected chi connectivity index (χ2v) is 7.21. The molecular formula is C17H16N2O4S2. The van der Waals surface area contributed by atoms with Gasteiger partial charge in [0, 0.05) is 0 Å². The smallest absolute Gasteiger partial charge is 0.347 e. The van der Waals surface area contributed by atoms with E-state index in [9.17, 15) is 14.7 Å². The van der Waals surface area contributed by atoms with Gasteiger partial charge in [-0.1, -0.05) is 42.1 Å². The van der Waals surface area contributed by atoms with Crippen molar-refractivity contribution in [2.24, 2.45) is 0 Å². The van der Waals surface area contributed by atoms with E-state index in [4.69, 9.17) is 4.74 Å². The molecular weight excluding hydrogens is 360 g/mol. The third-order valence-electron chi connectivity index (χ3n) is 3.59. The average molecular weight is 376 g/mol. The lowest BCUT2D eigenvalue weighted by Crippen LogP contribution is -2.28. The first-order chi connectivity index (χ1) is 12.1. The Bertz CT molecular complexity index is 980. The molecule has 1 N–H and O–H groups in total. The Morgan fingerprint density at radius 1 is 1.36 bits per heavy atom. The van der Waals surface area contributed by atoms with E-state index in [1.807, 2.05) is 36.6 Å². The molecule has 0 fully saturated rings. The molecule has 0 spiro atoms. The summed E-state index contributed by atoms with van der Waals surface area (Å²) >= 11 is 2.65. The number of fused-ring (bicyclic) bond motifs is 1. The number of nitrogens with zero attached hydrogens (tertiary/aromatic N) is 2. The van der Waals surface area contributed by atoms with Crippen LogP contribution in [0.1, 0.15) is 22.8 Å². The Morgan fingerprint density at radius 2 is 2.08 bits per heavy atom. The molecule has 0 aliphatic heterocycles. The van der Waals surface area contributed by atoms with E-state index in [0.717, 1.165) is 5.56 Å². The Morgan fingerprint density at radius 3 is 2.72 bits per heavy atom. The summed E-state index contributed by atoms with van der Waals surface area (Å²) < 4.78 is 7.46. The quantitative estimate of drug-likeness (QED) is 0.544. The van der Waals surface area contributed by atoms with Crippen molar-refractivity contribution in [3.63, 3.8) is 0 Å². The molecule has 6 nitrogen and oxygen atoms in total. The number of thioether (sulfide) groups is 1. The monoisotopic (exact) mass is 376 g/mol. The molecule has 8 heteroatoms. The van der Waals surface area contributed by atoms with Crippen LogP contribution in [0.5, 0.6) is 5.75 Å². The first-order valence-corrected chi connectivity index (χ1v) is 9.62. The number of ether oxygens (including phenoxy) is 1. The highest BCUT2D eigenvalue weighted by atomic mass is 32.2. The predicted octanol–water partition coefficient (Wildman–Crippen LogP) is 3.11. The summed E-state index contributed by atoms with van der Waals surface area (Å²) in [4.78, 5) is 29.5. The van der Waals surface area contributed by atoms with Gasteiger partial charge in [-0.25, -0.2) is 9.78 Å². The Labute approximate surface area is 152 Å². The fraction of sp³-hybridized carbons (Fsp3) is 0.235. The number of carbonyl (C=O) groups is 1. The fourth-order valence-corrected chi connectivity index (χ4v) is 3.98. The third kappa shape index (κ3) is 3.27. The van der Waals surface area contributed by atoms with Gasteiger partial charge >= 0.3 is 5.97 Å². The summed E-state index contributed by atoms with van der Waals surface area (Å²) in [7, 11) is 0. The van der Waals surface area contributed by atoms with E-state index >= 15 is 0 Å². The lowest BCUT2D eigenvalue weighted by molar-refractivity contribution is 0.0520. The zero-order valence-corrected chi connectivity index (χ0v) is 15.3. The van der Waals surface area contributed by atoms with Crippen LogP contribution in [0.2, 0.25) is 0 Å². The van der Waals surface area contributed by atoms with Gasteiger partial charge in [-0.05, 0) is 18.7 Å². The van der Waals surface area contributed by atoms with Gasteiger partial charge in [0.1, 0.15) is 4.70 Å². The average Bonchev–Trinajstić information content (AvgIpc) is 3.04. The number of carbonyl (C=O) groups excluding carboxylic acids is 1. The Kier molecular flexibility index (Phi) is 5.10. The predicted molar refractivity (Wildman–Crippen MR) is 98.8 cm³/mol. The van der Waals surface area contributed by atoms with E-state index < -0.39 is 11.5 Å². The number of hydrogen-bond acceptors (Lipinski definition) is 7. The normalized spacial score (nSPS) is 11.0. The molecule has 1 aromatic carbocycles. The van der Waals surface area contributed by atoms with Crippen molar-refractivity contribution in [2.75, 3.05) is 12.9 Å². The molecule has 0 aliphatic rings. The van der Waals surface area contributed by atoms with Crippen LogP contribution in [0.15, 0.2) is 39.5 Å². The van der Waals surface area contributed by atoms with Gasteiger partial charge in [-0.2, -0.15) is 0 Å². The number of aromatic hydroxyl groups is 1. The number of aromatic nitrogens is 2. The molecule has 0 saturated heterocycles. The molecule has 0 radical (unpaired) electrons. The van der Waals surface area contributed by atoms with Gasteiger partial charge in [-0.15, -0.1) is 11.3 Å². The number of pyridine rings is 1. The van der Waals surface area contributed by atoms with Crippen LogP contribution in [-0.2, 0) is 11.3 Å². The molecule has 0 aliphatic carbocycles. The molecule has 3 aromatic rings. The number of thiazole rings is 1. The number of rotatable bonds is 5. The van der Waals surface area contributed by atoms with Crippen LogP contribution in [0.25, 0.3) is 10.3 Å². The highest BCUT2D eigenvalue weighted by Crippen LogP contribution is 2.35. The number of esters is 1. The molecule has 2 heterocycles. The summed E-state index contributed by atoms with van der Waals surface area (Å²) in [6, 6.07) is 9.41. The van der Waals surface area contributed by atoms with Crippen molar-refractivity contribution in [1.29, 1.82) is 0 Å². The first kappa shape index (κ1) is 17.5. The standard InChI is InChI=1S/C17H16N2O4S2/c1-3-23-16(22)11-12(20)13-14(18-17(24-2)25-13)19(15(11)21)9-10-7-5-4-6-8-10/h4-8,20H,3,9H2,1-2H3. The van der Waals surface area contributed by atoms with Crippen LogP contribution in [0.4, 0.5) is 0 Å². The van der Waals surface area contributed by atoms with Crippen LogP contribution in [0.3, 0.4) is 0 Å². The lowest BCUT2D eigenvalue weighted by atomic mass is 10.2. The lowest BCUT2D eigenvalue weighted by Gasteiger charge is -2.11. The second-order valence-electron chi connectivity index (χ2n) is 5.16. The van der Waals surface area contributed by atoms with Gasteiger partial charge in [0.15, 0.2) is 21.3 Å². The van der Waals surface area contributed by atoms with E-state index in [0.29, 0.717) is 14.7 Å². The summed E-state index contributed by atoms with van der Waals surface area (Å²) in [5.41, 5.74) is 0.311. The summed E-state index contributed by atoms with van der Waals surface area (Å²) in [6.45, 7) is 2.02. The molecule has 0 saturated carbocycles. The van der Waals surface area contributed by atoms with Crippen LogP contribution < -0.4 is 5.56 Å². The molecule has 0 bridgehead atoms. The van der Waals surface area contributed by atoms with E-state index in [1.54, 1.807) is 6.92 Å². The number of benzene rings is 1. The maximum absolute atomic E-state index is 12.9. The third-order valence-corrected chi connectivity index (χ3v) is 5.63. The fourth-order valence-electron chi connectivity index (χ4n) is 2.46. The highest BCUT2D eigenvalue weighted by Gasteiger charge is 2.25. The molecule has 3 rings (SSSR count). The molecule has 0 unspecified atom stereocenters. The van der Waals surface area contributed by atoms with Crippen molar-refractivity contribution in [1.82, 2.24) is 9.55 Å². The van der Waals surface area contributed by atoms with Crippen molar-refractivity contribution in [2.45, 2.75) is 17.8 Å². The topological polar surface area (TPSA) is 81.4 Å². The zero-order chi connectivity index (χ0) is 18.0. The summed E-state index contributed by atoms with van der Waals surface area (Å²) in [6.07, 6.45) is 1.86. The van der Waals surface area contributed by atoms with Crippen LogP contribution in [0, 0.1) is 0 Å². The second kappa shape index (κ2) is 7.28. The van der Waals surface area contributed by atoms with Gasteiger partial charge in [-0.3, -0.25) is 9.36 Å². The van der Waals surface area contributed by atoms with Crippen molar-refractivity contribution in [3.8, 4) is 5.75 Å². The van der Waals surface area contributed by atoms with Crippen molar-refractivity contribution >= 4 is 39.4 Å². The first-order valence-electron chi connectivity index (χ1n) is 7.58. The molecule has 130 valence electrons. The van der Waals surface area contributed by atoms with Gasteiger partial charge < -0.3 is 9.84 Å². The van der Waals surface area contributed by atoms with Crippen molar-refractivity contribution in [3.05, 3.63) is 51.8 Å². The Hall–Kier alpha value is -2.32. The van der Waals surface area contributed by atoms with E-state index in [2.05, 4.69) is 4.98 Å². The van der Waals surface area contributed by atoms with Crippen LogP contribution >= 0.6 is 23.1 Å². The minimum Gasteiger partial charge on any atom is -0.505 e. The van der Waals surface area contributed by atoms with E-state index in [-0.39, 0.29) is 24.5 Å². The molecule has 2 aromatic heterocycles. The molecule has 0 atom stereocenters. The van der Waals surface area contributed by atoms with Crippen molar-refractivity contribution < 1.29 is 14.6 Å². The molecule has 0 amide bonds. The van der Waals surface area contributed by atoms with Crippen LogP contribution in [-0.4, -0.2) is 33.5 Å². The van der Waals surface area contributed by atoms with E-state index in [1.165, 1.54) is 27.7 Å². The zero-order valence-electron chi connectivity index (χ0n) is 13.7. The largest absolute Gasteiger partial charge is 0.505 e. The maximum Gasteiger partial charge on any atom is 0.347 e.